The van der Waals surface area contributed by atoms with Crippen LogP contribution in [0.3, 0.4) is 0 Å². The Morgan fingerprint density at radius 2 is 2.04 bits per heavy atom. The third kappa shape index (κ3) is 6.12. The predicted molar refractivity (Wildman–Crippen MR) is 105 cm³/mol. The van der Waals surface area contributed by atoms with Crippen molar-refractivity contribution in [2.24, 2.45) is 0 Å². The molecule has 0 bridgehead atoms. The van der Waals surface area contributed by atoms with Crippen LogP contribution in [0.1, 0.15) is 5.56 Å². The van der Waals surface area contributed by atoms with Crippen LogP contribution in [-0.2, 0) is 14.3 Å². The van der Waals surface area contributed by atoms with Crippen molar-refractivity contribution < 1.29 is 14.3 Å². The predicted octanol–water partition coefficient (Wildman–Crippen LogP) is 2.55. The molecule has 0 saturated carbocycles. The lowest BCUT2D eigenvalue weighted by Gasteiger charge is -2.14. The first kappa shape index (κ1) is 19.4. The van der Waals surface area contributed by atoms with Crippen LogP contribution in [0.15, 0.2) is 47.4 Å². The van der Waals surface area contributed by atoms with Gasteiger partial charge in [-0.05, 0) is 25.7 Å². The minimum absolute atomic E-state index is 0.155. The highest BCUT2D eigenvalue weighted by atomic mass is 32.2. The summed E-state index contributed by atoms with van der Waals surface area (Å²) in [6, 6.07) is 9.78. The molecule has 132 valence electrons. The number of hydrogen-bond donors (Lipinski definition) is 0. The molecule has 0 radical (unpaired) electrons. The molecule has 25 heavy (non-hydrogen) atoms. The Morgan fingerprint density at radius 3 is 2.72 bits per heavy atom. The maximum atomic E-state index is 12.4. The average molecular weight is 377 g/mol. The molecule has 1 aromatic rings. The molecule has 1 saturated heterocycles. The van der Waals surface area contributed by atoms with Crippen LogP contribution < -0.4 is 0 Å². The van der Waals surface area contributed by atoms with Gasteiger partial charge >= 0.3 is 5.97 Å². The van der Waals surface area contributed by atoms with Crippen LogP contribution in [0.4, 0.5) is 0 Å². The molecule has 1 amide bonds. The van der Waals surface area contributed by atoms with Crippen LogP contribution in [0.5, 0.6) is 0 Å². The topological polar surface area (TPSA) is 49.9 Å². The third-order valence-electron chi connectivity index (χ3n) is 3.30. The lowest BCUT2D eigenvalue weighted by Crippen LogP contribution is -2.35. The Balaban J connectivity index is 1.91. The summed E-state index contributed by atoms with van der Waals surface area (Å²) in [5, 5.41) is 0. The van der Waals surface area contributed by atoms with Crippen LogP contribution in [0.2, 0.25) is 0 Å². The van der Waals surface area contributed by atoms with Crippen LogP contribution in [0, 0.1) is 0 Å². The largest absolute Gasteiger partial charge is 0.463 e. The summed E-state index contributed by atoms with van der Waals surface area (Å²) in [4.78, 5) is 27.9. The number of carbonyl (C=O) groups is 2. The SMILES string of the molecule is CN(C)CCOC(=O)CN1C(=O)C(=CC=Cc2ccccc2)SC1=S. The van der Waals surface area contributed by atoms with Gasteiger partial charge in [0.15, 0.2) is 0 Å². The van der Waals surface area contributed by atoms with Gasteiger partial charge in [0.2, 0.25) is 0 Å². The number of benzene rings is 1. The number of carbonyl (C=O) groups excluding carboxylic acids is 2. The molecule has 0 aromatic heterocycles. The summed E-state index contributed by atoms with van der Waals surface area (Å²) in [5.41, 5.74) is 1.04. The van der Waals surface area contributed by atoms with Gasteiger partial charge in [-0.1, -0.05) is 66.5 Å². The van der Waals surface area contributed by atoms with E-state index < -0.39 is 5.97 Å². The fraction of sp³-hybridized carbons (Fsp3) is 0.278. The zero-order valence-corrected chi connectivity index (χ0v) is 15.8. The minimum Gasteiger partial charge on any atom is -0.463 e. The van der Waals surface area contributed by atoms with Crippen LogP contribution in [0.25, 0.3) is 6.08 Å². The molecular formula is C18H20N2O3S2. The molecule has 7 heteroatoms. The van der Waals surface area contributed by atoms with E-state index in [1.54, 1.807) is 12.2 Å². The van der Waals surface area contributed by atoms with E-state index in [9.17, 15) is 9.59 Å². The maximum Gasteiger partial charge on any atom is 0.326 e. The summed E-state index contributed by atoms with van der Waals surface area (Å²) in [6.07, 6.45) is 5.42. The van der Waals surface area contributed by atoms with Gasteiger partial charge in [0.1, 0.15) is 17.5 Å². The lowest BCUT2D eigenvalue weighted by atomic mass is 10.2. The molecule has 5 nitrogen and oxygen atoms in total. The number of amides is 1. The number of likely N-dealkylation sites (N-methyl/N-ethyl adjacent to an activating group) is 1. The number of ether oxygens (including phenoxy) is 1. The average Bonchev–Trinajstić information content (AvgIpc) is 2.83. The van der Waals surface area contributed by atoms with E-state index in [1.807, 2.05) is 55.4 Å². The Bertz CT molecular complexity index is 700. The molecule has 1 fully saturated rings. The molecule has 0 N–H and O–H groups in total. The number of nitrogens with zero attached hydrogens (tertiary/aromatic N) is 2. The number of allylic oxidation sites excluding steroid dienone is 2. The first-order chi connectivity index (χ1) is 12.0. The quantitative estimate of drug-likeness (QED) is 0.414. The van der Waals surface area contributed by atoms with Crippen molar-refractivity contribution in [3.63, 3.8) is 0 Å². The number of esters is 1. The smallest absolute Gasteiger partial charge is 0.326 e. The summed E-state index contributed by atoms with van der Waals surface area (Å²) >= 11 is 6.39. The van der Waals surface area contributed by atoms with E-state index in [1.165, 1.54) is 16.7 Å². The second-order valence-corrected chi connectivity index (χ2v) is 7.26. The Hall–Kier alpha value is -1.96. The Morgan fingerprint density at radius 1 is 1.32 bits per heavy atom. The van der Waals surface area contributed by atoms with Gasteiger partial charge < -0.3 is 9.64 Å². The van der Waals surface area contributed by atoms with Crippen molar-refractivity contribution in [1.29, 1.82) is 0 Å². The summed E-state index contributed by atoms with van der Waals surface area (Å²) in [6.45, 7) is 0.766. The highest BCUT2D eigenvalue weighted by molar-refractivity contribution is 8.26. The fourth-order valence-corrected chi connectivity index (χ4v) is 3.18. The molecular weight excluding hydrogens is 356 g/mol. The highest BCUT2D eigenvalue weighted by Gasteiger charge is 2.33. The van der Waals surface area contributed by atoms with Crippen LogP contribution >= 0.6 is 24.0 Å². The zero-order valence-electron chi connectivity index (χ0n) is 14.2. The molecule has 1 aromatic carbocycles. The van der Waals surface area contributed by atoms with E-state index >= 15 is 0 Å². The number of rotatable bonds is 7. The Kier molecular flexibility index (Phi) is 7.36. The van der Waals surface area contributed by atoms with Crippen LogP contribution in [-0.4, -0.2) is 59.8 Å². The highest BCUT2D eigenvalue weighted by Crippen LogP contribution is 2.30. The standard InChI is InChI=1S/C18H20N2O3S2/c1-19(2)11-12-23-16(21)13-20-17(22)15(25-18(20)24)10-6-9-14-7-4-3-5-8-14/h3-10H,11-13H2,1-2H3. The number of hydrogen-bond acceptors (Lipinski definition) is 6. The number of thiocarbonyl (C=S) groups is 1. The third-order valence-corrected chi connectivity index (χ3v) is 4.69. The van der Waals surface area contributed by atoms with Gasteiger partial charge in [-0.15, -0.1) is 0 Å². The van der Waals surface area contributed by atoms with Gasteiger partial charge in [-0.3, -0.25) is 14.5 Å². The van der Waals surface area contributed by atoms with Gasteiger partial charge in [-0.2, -0.15) is 0 Å². The zero-order chi connectivity index (χ0) is 18.2. The van der Waals surface area contributed by atoms with Crippen molar-refractivity contribution in [2.45, 2.75) is 0 Å². The van der Waals surface area contributed by atoms with E-state index in [4.69, 9.17) is 17.0 Å². The van der Waals surface area contributed by atoms with E-state index in [0.717, 1.165) is 5.56 Å². The van der Waals surface area contributed by atoms with Crippen molar-refractivity contribution in [1.82, 2.24) is 9.80 Å². The maximum absolute atomic E-state index is 12.4. The minimum atomic E-state index is -0.459. The van der Waals surface area contributed by atoms with Gasteiger partial charge in [0, 0.05) is 6.54 Å². The van der Waals surface area contributed by atoms with Crippen molar-refractivity contribution in [3.8, 4) is 0 Å². The molecule has 1 aliphatic heterocycles. The van der Waals surface area contributed by atoms with Gasteiger partial charge in [0.05, 0.1) is 4.91 Å². The molecule has 1 heterocycles. The lowest BCUT2D eigenvalue weighted by molar-refractivity contribution is -0.146. The van der Waals surface area contributed by atoms with Crippen molar-refractivity contribution in [3.05, 3.63) is 53.0 Å². The monoisotopic (exact) mass is 376 g/mol. The number of thioether (sulfide) groups is 1. The van der Waals surface area contributed by atoms with Gasteiger partial charge in [0.25, 0.3) is 5.91 Å². The van der Waals surface area contributed by atoms with E-state index in [-0.39, 0.29) is 19.1 Å². The second-order valence-electron chi connectivity index (χ2n) is 5.58. The normalized spacial score (nSPS) is 16.4. The van der Waals surface area contributed by atoms with Crippen molar-refractivity contribution >= 4 is 46.3 Å². The van der Waals surface area contributed by atoms with E-state index in [2.05, 4.69) is 0 Å². The molecule has 0 aliphatic carbocycles. The van der Waals surface area contributed by atoms with Crippen molar-refractivity contribution in [2.75, 3.05) is 33.8 Å². The summed E-state index contributed by atoms with van der Waals surface area (Å²) in [5.74, 6) is -0.725. The summed E-state index contributed by atoms with van der Waals surface area (Å²) in [7, 11) is 3.78. The van der Waals surface area contributed by atoms with E-state index in [0.29, 0.717) is 15.8 Å². The molecule has 0 unspecified atom stereocenters. The molecule has 2 rings (SSSR count). The molecule has 1 aliphatic rings. The molecule has 0 atom stereocenters. The first-order valence-corrected chi connectivity index (χ1v) is 8.97. The second kappa shape index (κ2) is 9.50. The molecule has 0 spiro atoms. The Labute approximate surface area is 157 Å². The fourth-order valence-electron chi connectivity index (χ4n) is 1.98. The summed E-state index contributed by atoms with van der Waals surface area (Å²) < 4.78 is 5.48. The van der Waals surface area contributed by atoms with Gasteiger partial charge in [-0.25, -0.2) is 0 Å². The first-order valence-electron chi connectivity index (χ1n) is 7.75.